The van der Waals surface area contributed by atoms with Gasteiger partial charge >= 0.3 is 6.03 Å². The summed E-state index contributed by atoms with van der Waals surface area (Å²) in [5.74, 6) is -0.0427. The van der Waals surface area contributed by atoms with Crippen LogP contribution in [0.25, 0.3) is 11.3 Å². The number of anilines is 1. The van der Waals surface area contributed by atoms with E-state index in [1.807, 2.05) is 19.9 Å². The van der Waals surface area contributed by atoms with E-state index in [0.29, 0.717) is 33.4 Å². The highest BCUT2D eigenvalue weighted by Crippen LogP contribution is 2.42. The molecule has 31 heavy (non-hydrogen) atoms. The Kier molecular flexibility index (Phi) is 5.69. The molecular weight excluding hydrogens is 416 g/mol. The Bertz CT molecular complexity index is 1130. The quantitative estimate of drug-likeness (QED) is 0.522. The number of hydrogen-bond acceptors (Lipinski definition) is 4. The fraction of sp³-hybridized carbons (Fsp3) is 0.261. The summed E-state index contributed by atoms with van der Waals surface area (Å²) in [5.41, 5.74) is 2.74. The largest absolute Gasteiger partial charge is 0.507 e. The third-order valence-electron chi connectivity index (χ3n) is 4.98. The molecule has 0 bridgehead atoms. The van der Waals surface area contributed by atoms with Gasteiger partial charge in [-0.15, -0.1) is 0 Å². The molecular formula is C23H23ClN4O3. The number of benzene rings is 2. The van der Waals surface area contributed by atoms with Crippen LogP contribution in [0.5, 0.6) is 5.75 Å². The summed E-state index contributed by atoms with van der Waals surface area (Å²) in [6, 6.07) is 12.9. The fourth-order valence-corrected chi connectivity index (χ4v) is 3.42. The van der Waals surface area contributed by atoms with Gasteiger partial charge in [-0.2, -0.15) is 9.78 Å². The number of carbonyl (C=O) groups excluding carboxylic acids is 2. The van der Waals surface area contributed by atoms with Crippen LogP contribution < -0.4 is 10.6 Å². The highest BCUT2D eigenvalue weighted by molar-refractivity contribution is 6.30. The summed E-state index contributed by atoms with van der Waals surface area (Å²) in [7, 11) is 0. The molecule has 1 aromatic heterocycles. The first-order chi connectivity index (χ1) is 14.8. The molecule has 1 aliphatic rings. The zero-order valence-corrected chi connectivity index (χ0v) is 18.0. The maximum Gasteiger partial charge on any atom is 0.342 e. The predicted molar refractivity (Wildman–Crippen MR) is 120 cm³/mol. The molecule has 8 heteroatoms. The lowest BCUT2D eigenvalue weighted by atomic mass is 10.1. The van der Waals surface area contributed by atoms with Gasteiger partial charge in [0.2, 0.25) is 0 Å². The Balaban J connectivity index is 1.57. The molecule has 7 nitrogen and oxygen atoms in total. The molecule has 0 unspecified atom stereocenters. The molecule has 1 heterocycles. The van der Waals surface area contributed by atoms with Crippen LogP contribution >= 0.6 is 11.6 Å². The zero-order valence-electron chi connectivity index (χ0n) is 17.2. The number of nitrogens with zero attached hydrogens (tertiary/aromatic N) is 2. The van der Waals surface area contributed by atoms with Gasteiger partial charge in [0.15, 0.2) is 0 Å². The molecule has 1 aliphatic carbocycles. The van der Waals surface area contributed by atoms with E-state index in [2.05, 4.69) is 15.7 Å². The van der Waals surface area contributed by atoms with Crippen molar-refractivity contribution in [1.29, 1.82) is 0 Å². The van der Waals surface area contributed by atoms with Crippen molar-refractivity contribution in [3.63, 3.8) is 0 Å². The van der Waals surface area contributed by atoms with Crippen LogP contribution in [-0.4, -0.2) is 32.9 Å². The van der Waals surface area contributed by atoms with Crippen molar-refractivity contribution in [1.82, 2.24) is 15.1 Å². The molecule has 0 radical (unpaired) electrons. The minimum Gasteiger partial charge on any atom is -0.507 e. The lowest BCUT2D eigenvalue weighted by molar-refractivity contribution is 0.102. The molecule has 3 N–H and O–H groups in total. The average Bonchev–Trinajstić information content (AvgIpc) is 3.46. The molecule has 3 aromatic rings. The van der Waals surface area contributed by atoms with Crippen molar-refractivity contribution >= 4 is 29.2 Å². The number of hydrogen-bond donors (Lipinski definition) is 3. The Morgan fingerprint density at radius 3 is 2.45 bits per heavy atom. The smallest absolute Gasteiger partial charge is 0.342 e. The topological polar surface area (TPSA) is 96.3 Å². The van der Waals surface area contributed by atoms with Gasteiger partial charge in [0.1, 0.15) is 5.75 Å². The van der Waals surface area contributed by atoms with Gasteiger partial charge in [-0.3, -0.25) is 4.79 Å². The van der Waals surface area contributed by atoms with Crippen LogP contribution in [0, 0.1) is 0 Å². The van der Waals surface area contributed by atoms with E-state index in [1.165, 1.54) is 10.7 Å². The number of phenolic OH excluding ortho intramolecular Hbond substituents is 1. The molecule has 0 atom stereocenters. The third kappa shape index (κ3) is 4.72. The molecule has 0 spiro atoms. The van der Waals surface area contributed by atoms with Gasteiger partial charge in [-0.1, -0.05) is 11.6 Å². The third-order valence-corrected chi connectivity index (χ3v) is 5.23. The molecule has 0 aliphatic heterocycles. The van der Waals surface area contributed by atoms with E-state index >= 15 is 0 Å². The lowest BCUT2D eigenvalue weighted by Gasteiger charge is -2.10. The Hall–Kier alpha value is -3.32. The second-order valence-corrected chi connectivity index (χ2v) is 8.37. The number of halogens is 1. The van der Waals surface area contributed by atoms with Crippen LogP contribution in [-0.2, 0) is 0 Å². The van der Waals surface area contributed by atoms with E-state index in [1.54, 1.807) is 36.4 Å². The summed E-state index contributed by atoms with van der Waals surface area (Å²) in [5, 5.41) is 21.2. The predicted octanol–water partition coefficient (Wildman–Crippen LogP) is 5.00. The normalized spacial score (nSPS) is 13.3. The number of phenols is 1. The van der Waals surface area contributed by atoms with E-state index in [9.17, 15) is 14.7 Å². The molecule has 1 fully saturated rings. The van der Waals surface area contributed by atoms with E-state index in [4.69, 9.17) is 11.6 Å². The van der Waals surface area contributed by atoms with Crippen LogP contribution in [0.4, 0.5) is 10.5 Å². The summed E-state index contributed by atoms with van der Waals surface area (Å²) in [6.45, 7) is 3.78. The van der Waals surface area contributed by atoms with Crippen molar-refractivity contribution in [2.75, 3.05) is 5.32 Å². The van der Waals surface area contributed by atoms with Crippen molar-refractivity contribution in [2.24, 2.45) is 0 Å². The molecule has 4 rings (SSSR count). The second-order valence-electron chi connectivity index (χ2n) is 7.94. The number of rotatable bonds is 5. The van der Waals surface area contributed by atoms with Crippen molar-refractivity contribution < 1.29 is 14.7 Å². The fourth-order valence-electron chi connectivity index (χ4n) is 3.30. The Morgan fingerprint density at radius 2 is 1.84 bits per heavy atom. The first kappa shape index (κ1) is 20.9. The number of aromatic nitrogens is 2. The maximum atomic E-state index is 12.5. The summed E-state index contributed by atoms with van der Waals surface area (Å²) >= 11 is 5.86. The molecule has 0 saturated heterocycles. The van der Waals surface area contributed by atoms with Crippen LogP contribution in [0.3, 0.4) is 0 Å². The highest BCUT2D eigenvalue weighted by atomic mass is 35.5. The minimum absolute atomic E-state index is 0.0101. The SMILES string of the molecule is CC(C)NC(=O)n1nc(-c2ccc(NC(=O)c3ccc(Cl)cc3)cc2O)cc1C1CC1. The molecule has 160 valence electrons. The Labute approximate surface area is 185 Å². The van der Waals surface area contributed by atoms with Gasteiger partial charge in [0, 0.05) is 39.9 Å². The zero-order chi connectivity index (χ0) is 22.1. The number of aromatic hydroxyl groups is 1. The van der Waals surface area contributed by atoms with E-state index < -0.39 is 0 Å². The standard InChI is InChI=1S/C23H23ClN4O3/c1-13(2)25-23(31)28-20(14-3-4-14)12-19(27-28)18-10-9-17(11-21(18)29)26-22(30)15-5-7-16(24)8-6-15/h5-14,29H,3-4H2,1-2H3,(H,25,31)(H,26,30). The monoisotopic (exact) mass is 438 g/mol. The highest BCUT2D eigenvalue weighted by Gasteiger charge is 2.31. The van der Waals surface area contributed by atoms with Gasteiger partial charge in [0.05, 0.1) is 11.4 Å². The van der Waals surface area contributed by atoms with Crippen molar-refractivity contribution in [2.45, 2.75) is 38.6 Å². The van der Waals surface area contributed by atoms with Gasteiger partial charge in [-0.05, 0) is 69.2 Å². The molecule has 1 saturated carbocycles. The van der Waals surface area contributed by atoms with Crippen LogP contribution in [0.15, 0.2) is 48.5 Å². The van der Waals surface area contributed by atoms with Crippen LogP contribution in [0.1, 0.15) is 48.7 Å². The summed E-state index contributed by atoms with van der Waals surface area (Å²) in [6.07, 6.45) is 2.03. The minimum atomic E-state index is -0.311. The second kappa shape index (κ2) is 8.43. The first-order valence-electron chi connectivity index (χ1n) is 10.1. The van der Waals surface area contributed by atoms with E-state index in [-0.39, 0.29) is 23.7 Å². The number of carbonyl (C=O) groups is 2. The average molecular weight is 439 g/mol. The maximum absolute atomic E-state index is 12.5. The van der Waals surface area contributed by atoms with Crippen molar-refractivity contribution in [3.05, 3.63) is 64.8 Å². The van der Waals surface area contributed by atoms with Gasteiger partial charge in [0.25, 0.3) is 5.91 Å². The summed E-state index contributed by atoms with van der Waals surface area (Å²) in [4.78, 5) is 24.9. The number of amides is 2. The first-order valence-corrected chi connectivity index (χ1v) is 10.5. The van der Waals surface area contributed by atoms with Crippen LogP contribution in [0.2, 0.25) is 5.02 Å². The molecule has 2 aromatic carbocycles. The Morgan fingerprint density at radius 1 is 1.13 bits per heavy atom. The van der Waals surface area contributed by atoms with Gasteiger partial charge in [-0.25, -0.2) is 4.79 Å². The van der Waals surface area contributed by atoms with Crippen molar-refractivity contribution in [3.8, 4) is 17.0 Å². The van der Waals surface area contributed by atoms with E-state index in [0.717, 1.165) is 18.5 Å². The number of nitrogens with one attached hydrogen (secondary N) is 2. The lowest BCUT2D eigenvalue weighted by Crippen LogP contribution is -2.35. The molecule has 2 amide bonds. The van der Waals surface area contributed by atoms with Gasteiger partial charge < -0.3 is 15.7 Å². The summed E-state index contributed by atoms with van der Waals surface area (Å²) < 4.78 is 1.39.